The number of nitrogens with zero attached hydrogens (tertiary/aromatic N) is 5. The van der Waals surface area contributed by atoms with Gasteiger partial charge in [-0.25, -0.2) is 4.98 Å². The molecular formula is C23H23N7O. The molecule has 0 unspecified atom stereocenters. The molecule has 2 aliphatic rings. The number of para-hydroxylation sites is 1. The normalized spacial score (nSPS) is 22.4. The summed E-state index contributed by atoms with van der Waals surface area (Å²) < 4.78 is 0. The lowest BCUT2D eigenvalue weighted by Gasteiger charge is -2.34. The topological polar surface area (TPSA) is 91.7 Å². The minimum absolute atomic E-state index is 0.0494. The SMILES string of the molecule is Cc1ccc(-n2nccn2)c(C(=O)N2C[C@H]3C[C@@H](Nc4cc5ccccc5[nH]4)[C@@H]2C3)n1. The Kier molecular flexibility index (Phi) is 4.05. The molecule has 0 radical (unpaired) electrons. The minimum Gasteiger partial charge on any atom is -0.367 e. The van der Waals surface area contributed by atoms with Crippen LogP contribution in [0.1, 0.15) is 29.0 Å². The monoisotopic (exact) mass is 413 g/mol. The molecule has 3 atom stereocenters. The number of amides is 1. The molecule has 156 valence electrons. The summed E-state index contributed by atoms with van der Waals surface area (Å²) in [5.74, 6) is 1.46. The van der Waals surface area contributed by atoms with E-state index in [1.807, 2.05) is 36.1 Å². The zero-order valence-corrected chi connectivity index (χ0v) is 17.2. The number of aromatic nitrogens is 5. The lowest BCUT2D eigenvalue weighted by atomic mass is 10.0. The van der Waals surface area contributed by atoms with E-state index in [9.17, 15) is 4.79 Å². The largest absolute Gasteiger partial charge is 0.367 e. The van der Waals surface area contributed by atoms with E-state index in [0.717, 1.165) is 36.4 Å². The highest BCUT2D eigenvalue weighted by molar-refractivity contribution is 5.96. The Balaban J connectivity index is 1.28. The number of pyridine rings is 1. The maximum atomic E-state index is 13.6. The van der Waals surface area contributed by atoms with Crippen molar-refractivity contribution in [2.24, 2.45) is 5.92 Å². The van der Waals surface area contributed by atoms with Crippen LogP contribution >= 0.6 is 0 Å². The standard InChI is InChI=1S/C23H23N7O/c1-14-6-7-19(30-24-8-9-25-30)22(26-14)23(31)29-13-15-10-18(20(29)11-15)28-21-12-16-4-2-3-5-17(16)27-21/h2-9,12,15,18,20,27-28H,10-11,13H2,1H3/t15-,18+,20-/m0/s1. The second-order valence-corrected chi connectivity index (χ2v) is 8.52. The predicted molar refractivity (Wildman–Crippen MR) is 117 cm³/mol. The van der Waals surface area contributed by atoms with Crippen LogP contribution < -0.4 is 5.32 Å². The van der Waals surface area contributed by atoms with Gasteiger partial charge in [-0.15, -0.1) is 4.80 Å². The maximum Gasteiger partial charge on any atom is 0.275 e. The van der Waals surface area contributed by atoms with Gasteiger partial charge in [0.15, 0.2) is 5.69 Å². The van der Waals surface area contributed by atoms with Crippen molar-refractivity contribution in [2.45, 2.75) is 31.8 Å². The molecule has 2 bridgehead atoms. The van der Waals surface area contributed by atoms with E-state index >= 15 is 0 Å². The molecule has 1 aliphatic carbocycles. The number of likely N-dealkylation sites (tertiary alicyclic amines) is 1. The first-order valence-corrected chi connectivity index (χ1v) is 10.7. The Labute approximate surface area is 179 Å². The number of H-pyrrole nitrogens is 1. The fourth-order valence-corrected chi connectivity index (χ4v) is 5.11. The Morgan fingerprint density at radius 3 is 2.77 bits per heavy atom. The molecule has 1 aromatic carbocycles. The summed E-state index contributed by atoms with van der Waals surface area (Å²) in [5.41, 5.74) is 2.94. The Bertz CT molecular complexity index is 1230. The van der Waals surface area contributed by atoms with Gasteiger partial charge in [-0.1, -0.05) is 18.2 Å². The quantitative estimate of drug-likeness (QED) is 0.536. The summed E-state index contributed by atoms with van der Waals surface area (Å²) in [6.07, 6.45) is 5.29. The Morgan fingerprint density at radius 2 is 1.97 bits per heavy atom. The van der Waals surface area contributed by atoms with Crippen LogP contribution in [0.25, 0.3) is 16.6 Å². The first kappa shape index (κ1) is 18.1. The number of nitrogens with one attached hydrogen (secondary N) is 2. The van der Waals surface area contributed by atoms with E-state index in [1.54, 1.807) is 12.4 Å². The number of anilines is 1. The van der Waals surface area contributed by atoms with Crippen molar-refractivity contribution in [3.8, 4) is 5.69 Å². The highest BCUT2D eigenvalue weighted by Gasteiger charge is 2.47. The van der Waals surface area contributed by atoms with E-state index < -0.39 is 0 Å². The number of fused-ring (bicyclic) bond motifs is 3. The van der Waals surface area contributed by atoms with Crippen LogP contribution in [-0.4, -0.2) is 54.4 Å². The van der Waals surface area contributed by atoms with Crippen molar-refractivity contribution in [1.82, 2.24) is 29.9 Å². The summed E-state index contributed by atoms with van der Waals surface area (Å²) in [6.45, 7) is 2.67. The number of piperidine rings is 1. The number of benzene rings is 1. The van der Waals surface area contributed by atoms with Crippen molar-refractivity contribution < 1.29 is 4.79 Å². The van der Waals surface area contributed by atoms with Gasteiger partial charge in [-0.2, -0.15) is 10.2 Å². The van der Waals surface area contributed by atoms with E-state index in [-0.39, 0.29) is 18.0 Å². The lowest BCUT2D eigenvalue weighted by Crippen LogP contribution is -2.48. The third-order valence-corrected chi connectivity index (χ3v) is 6.46. The van der Waals surface area contributed by atoms with Gasteiger partial charge >= 0.3 is 0 Å². The van der Waals surface area contributed by atoms with Gasteiger partial charge in [0.1, 0.15) is 11.5 Å². The number of carbonyl (C=O) groups is 1. The second kappa shape index (κ2) is 6.94. The second-order valence-electron chi connectivity index (χ2n) is 8.52. The van der Waals surface area contributed by atoms with Gasteiger partial charge in [0, 0.05) is 29.2 Å². The van der Waals surface area contributed by atoms with Gasteiger partial charge in [0.25, 0.3) is 5.91 Å². The zero-order chi connectivity index (χ0) is 20.9. The van der Waals surface area contributed by atoms with Gasteiger partial charge < -0.3 is 15.2 Å². The smallest absolute Gasteiger partial charge is 0.275 e. The maximum absolute atomic E-state index is 13.6. The van der Waals surface area contributed by atoms with Crippen LogP contribution in [0.4, 0.5) is 5.82 Å². The molecule has 1 saturated heterocycles. The summed E-state index contributed by atoms with van der Waals surface area (Å²) in [7, 11) is 0. The molecule has 4 heterocycles. The lowest BCUT2D eigenvalue weighted by molar-refractivity contribution is 0.0685. The summed E-state index contributed by atoms with van der Waals surface area (Å²) in [4.78, 5) is 25.1. The van der Waals surface area contributed by atoms with Crippen LogP contribution in [0.5, 0.6) is 0 Å². The number of hydrogen-bond acceptors (Lipinski definition) is 5. The highest BCUT2D eigenvalue weighted by atomic mass is 16.2. The van der Waals surface area contributed by atoms with Crippen molar-refractivity contribution in [1.29, 1.82) is 0 Å². The number of carbonyl (C=O) groups excluding carboxylic acids is 1. The van der Waals surface area contributed by atoms with E-state index in [2.05, 4.69) is 43.7 Å². The van der Waals surface area contributed by atoms with Crippen LogP contribution in [-0.2, 0) is 0 Å². The van der Waals surface area contributed by atoms with E-state index in [4.69, 9.17) is 0 Å². The Morgan fingerprint density at radius 1 is 1.13 bits per heavy atom. The van der Waals surface area contributed by atoms with Crippen molar-refractivity contribution >= 4 is 22.6 Å². The molecular weight excluding hydrogens is 390 g/mol. The summed E-state index contributed by atoms with van der Waals surface area (Å²) in [6, 6.07) is 14.5. The van der Waals surface area contributed by atoms with Crippen molar-refractivity contribution in [2.75, 3.05) is 11.9 Å². The van der Waals surface area contributed by atoms with Crippen LogP contribution in [0.3, 0.4) is 0 Å². The van der Waals surface area contributed by atoms with Crippen molar-refractivity contribution in [3.05, 3.63) is 66.2 Å². The third kappa shape index (κ3) is 3.06. The van der Waals surface area contributed by atoms with Crippen molar-refractivity contribution in [3.63, 3.8) is 0 Å². The first-order chi connectivity index (χ1) is 15.2. The number of rotatable bonds is 4. The van der Waals surface area contributed by atoms with Crippen LogP contribution in [0, 0.1) is 12.8 Å². The number of aryl methyl sites for hydroxylation is 1. The fraction of sp³-hybridized carbons (Fsp3) is 0.304. The summed E-state index contributed by atoms with van der Waals surface area (Å²) in [5, 5.41) is 13.2. The van der Waals surface area contributed by atoms with E-state index in [0.29, 0.717) is 17.3 Å². The molecule has 8 nitrogen and oxygen atoms in total. The minimum atomic E-state index is -0.0494. The van der Waals surface area contributed by atoms with Crippen LogP contribution in [0.15, 0.2) is 54.9 Å². The third-order valence-electron chi connectivity index (χ3n) is 6.46. The molecule has 0 spiro atoms. The number of hydrogen-bond donors (Lipinski definition) is 2. The molecule has 2 N–H and O–H groups in total. The van der Waals surface area contributed by atoms with Gasteiger partial charge in [-0.3, -0.25) is 4.79 Å². The molecule has 2 fully saturated rings. The predicted octanol–water partition coefficient (Wildman–Crippen LogP) is 3.17. The molecule has 4 aromatic rings. The Hall–Kier alpha value is -3.68. The average molecular weight is 413 g/mol. The first-order valence-electron chi connectivity index (χ1n) is 10.7. The average Bonchev–Trinajstić information content (AvgIpc) is 3.56. The van der Waals surface area contributed by atoms with Crippen LogP contribution in [0.2, 0.25) is 0 Å². The highest BCUT2D eigenvalue weighted by Crippen LogP contribution is 2.40. The molecule has 3 aromatic heterocycles. The number of aromatic amines is 1. The molecule has 1 saturated carbocycles. The van der Waals surface area contributed by atoms with Gasteiger partial charge in [0.2, 0.25) is 0 Å². The molecule has 8 heteroatoms. The van der Waals surface area contributed by atoms with Gasteiger partial charge in [-0.05, 0) is 49.9 Å². The molecule has 1 amide bonds. The molecule has 31 heavy (non-hydrogen) atoms. The molecule has 6 rings (SSSR count). The summed E-state index contributed by atoms with van der Waals surface area (Å²) >= 11 is 0. The zero-order valence-electron chi connectivity index (χ0n) is 17.2. The van der Waals surface area contributed by atoms with E-state index in [1.165, 1.54) is 10.2 Å². The molecule has 1 aliphatic heterocycles. The fourth-order valence-electron chi connectivity index (χ4n) is 5.11. The van der Waals surface area contributed by atoms with Gasteiger partial charge in [0.05, 0.1) is 18.4 Å².